The lowest BCUT2D eigenvalue weighted by atomic mass is 10.0. The lowest BCUT2D eigenvalue weighted by Crippen LogP contribution is -1.91. The average Bonchev–Trinajstić information content (AvgIpc) is 2.02. The maximum absolute atomic E-state index is 9.83. The van der Waals surface area contributed by atoms with E-state index in [0.717, 1.165) is 25.0 Å². The monoisotopic (exact) mass is 158 g/mol. The molecule has 0 aliphatic carbocycles. The summed E-state index contributed by atoms with van der Waals surface area (Å²) in [4.78, 5) is 9.83. The van der Waals surface area contributed by atoms with Crippen LogP contribution in [0.4, 0.5) is 0 Å². The molecular formula is C10H22O. The van der Waals surface area contributed by atoms with Crippen LogP contribution in [0.1, 0.15) is 53.4 Å². The highest BCUT2D eigenvalue weighted by atomic mass is 16.1. The third-order valence-electron chi connectivity index (χ3n) is 1.47. The van der Waals surface area contributed by atoms with Crippen LogP contribution in [0.2, 0.25) is 0 Å². The number of rotatable bonds is 4. The SMILES string of the molecule is CCC.CCC(C)CCC=O. The Labute approximate surface area is 71.2 Å². The largest absolute Gasteiger partial charge is 0.303 e. The van der Waals surface area contributed by atoms with Crippen molar-refractivity contribution in [3.8, 4) is 0 Å². The first-order chi connectivity index (χ1) is 5.22. The predicted molar refractivity (Wildman–Crippen MR) is 50.7 cm³/mol. The first-order valence-electron chi connectivity index (χ1n) is 4.66. The summed E-state index contributed by atoms with van der Waals surface area (Å²) >= 11 is 0. The van der Waals surface area contributed by atoms with Crippen molar-refractivity contribution in [3.63, 3.8) is 0 Å². The first kappa shape index (κ1) is 13.3. The van der Waals surface area contributed by atoms with Gasteiger partial charge in [-0.2, -0.15) is 0 Å². The predicted octanol–water partition coefficient (Wildman–Crippen LogP) is 3.43. The van der Waals surface area contributed by atoms with E-state index in [0.29, 0.717) is 0 Å². The zero-order chi connectivity index (χ0) is 9.11. The molecule has 11 heavy (non-hydrogen) atoms. The molecule has 0 saturated heterocycles. The van der Waals surface area contributed by atoms with Gasteiger partial charge in [0.2, 0.25) is 0 Å². The molecule has 1 atom stereocenters. The molecule has 0 rings (SSSR count). The topological polar surface area (TPSA) is 17.1 Å². The van der Waals surface area contributed by atoms with Crippen molar-refractivity contribution in [3.05, 3.63) is 0 Å². The Balaban J connectivity index is 0. The fourth-order valence-corrected chi connectivity index (χ4v) is 0.557. The summed E-state index contributed by atoms with van der Waals surface area (Å²) in [6.45, 7) is 8.57. The molecule has 0 aromatic carbocycles. The summed E-state index contributed by atoms with van der Waals surface area (Å²) < 4.78 is 0. The van der Waals surface area contributed by atoms with Gasteiger partial charge in [0, 0.05) is 6.42 Å². The molecule has 0 bridgehead atoms. The number of hydrogen-bond acceptors (Lipinski definition) is 1. The third kappa shape index (κ3) is 17.7. The van der Waals surface area contributed by atoms with Crippen molar-refractivity contribution in [2.24, 2.45) is 5.92 Å². The fourth-order valence-electron chi connectivity index (χ4n) is 0.557. The molecule has 0 radical (unpaired) electrons. The zero-order valence-electron chi connectivity index (χ0n) is 8.39. The highest BCUT2D eigenvalue weighted by Crippen LogP contribution is 2.06. The quantitative estimate of drug-likeness (QED) is 0.573. The van der Waals surface area contributed by atoms with Crippen LogP contribution in [0.5, 0.6) is 0 Å². The minimum Gasteiger partial charge on any atom is -0.303 e. The van der Waals surface area contributed by atoms with E-state index in [9.17, 15) is 4.79 Å². The van der Waals surface area contributed by atoms with Crippen LogP contribution in [-0.4, -0.2) is 6.29 Å². The van der Waals surface area contributed by atoms with Crippen molar-refractivity contribution < 1.29 is 4.79 Å². The van der Waals surface area contributed by atoms with Gasteiger partial charge in [0.05, 0.1) is 0 Å². The zero-order valence-corrected chi connectivity index (χ0v) is 8.39. The molecule has 0 aromatic heterocycles. The maximum Gasteiger partial charge on any atom is 0.120 e. The van der Waals surface area contributed by atoms with Gasteiger partial charge >= 0.3 is 0 Å². The molecule has 0 saturated carbocycles. The van der Waals surface area contributed by atoms with Crippen molar-refractivity contribution in [2.45, 2.75) is 53.4 Å². The van der Waals surface area contributed by atoms with Crippen LogP contribution >= 0.6 is 0 Å². The molecule has 0 aromatic rings. The summed E-state index contributed by atoms with van der Waals surface area (Å²) in [6, 6.07) is 0. The first-order valence-corrected chi connectivity index (χ1v) is 4.66. The molecule has 1 unspecified atom stereocenters. The van der Waals surface area contributed by atoms with Gasteiger partial charge in [0.25, 0.3) is 0 Å². The van der Waals surface area contributed by atoms with Gasteiger partial charge in [-0.1, -0.05) is 40.5 Å². The van der Waals surface area contributed by atoms with Crippen molar-refractivity contribution in [2.75, 3.05) is 0 Å². The second kappa shape index (κ2) is 12.4. The van der Waals surface area contributed by atoms with Crippen molar-refractivity contribution in [1.82, 2.24) is 0 Å². The van der Waals surface area contributed by atoms with E-state index in [1.165, 1.54) is 12.8 Å². The molecular weight excluding hydrogens is 136 g/mol. The normalized spacial score (nSPS) is 11.3. The highest BCUT2D eigenvalue weighted by Gasteiger charge is 1.94. The Kier molecular flexibility index (Phi) is 14.9. The van der Waals surface area contributed by atoms with E-state index in [-0.39, 0.29) is 0 Å². The highest BCUT2D eigenvalue weighted by molar-refractivity contribution is 5.49. The van der Waals surface area contributed by atoms with Crippen LogP contribution in [0.3, 0.4) is 0 Å². The van der Waals surface area contributed by atoms with E-state index >= 15 is 0 Å². The molecule has 0 aliphatic heterocycles. The molecule has 0 N–H and O–H groups in total. The van der Waals surface area contributed by atoms with Gasteiger partial charge < -0.3 is 4.79 Å². The summed E-state index contributed by atoms with van der Waals surface area (Å²) in [5.41, 5.74) is 0. The fraction of sp³-hybridized carbons (Fsp3) is 0.900. The average molecular weight is 158 g/mol. The summed E-state index contributed by atoms with van der Waals surface area (Å²) in [7, 11) is 0. The molecule has 0 amide bonds. The van der Waals surface area contributed by atoms with Crippen molar-refractivity contribution in [1.29, 1.82) is 0 Å². The maximum atomic E-state index is 9.83. The molecule has 0 heterocycles. The second-order valence-corrected chi connectivity index (χ2v) is 2.96. The van der Waals surface area contributed by atoms with Crippen molar-refractivity contribution >= 4 is 6.29 Å². The van der Waals surface area contributed by atoms with Crippen LogP contribution in [0, 0.1) is 5.92 Å². The van der Waals surface area contributed by atoms with Gasteiger partial charge in [-0.05, 0) is 12.3 Å². The molecule has 0 spiro atoms. The van der Waals surface area contributed by atoms with Crippen LogP contribution in [0.25, 0.3) is 0 Å². The summed E-state index contributed by atoms with van der Waals surface area (Å²) in [5, 5.41) is 0. The van der Waals surface area contributed by atoms with E-state index in [1.807, 2.05) is 0 Å². The Morgan fingerprint density at radius 3 is 2.00 bits per heavy atom. The Hall–Kier alpha value is -0.330. The van der Waals surface area contributed by atoms with E-state index < -0.39 is 0 Å². The summed E-state index contributed by atoms with van der Waals surface area (Å²) in [5.74, 6) is 0.722. The molecule has 1 nitrogen and oxygen atoms in total. The van der Waals surface area contributed by atoms with Gasteiger partial charge in [-0.3, -0.25) is 0 Å². The molecule has 0 aliphatic rings. The molecule has 0 fully saturated rings. The van der Waals surface area contributed by atoms with E-state index in [1.54, 1.807) is 0 Å². The van der Waals surface area contributed by atoms with Gasteiger partial charge in [0.1, 0.15) is 6.29 Å². The third-order valence-corrected chi connectivity index (χ3v) is 1.47. The Bertz CT molecular complexity index is 69.3. The minimum atomic E-state index is 0.722. The minimum absolute atomic E-state index is 0.722. The number of carbonyl (C=O) groups is 1. The number of carbonyl (C=O) groups excluding carboxylic acids is 1. The van der Waals surface area contributed by atoms with E-state index in [4.69, 9.17) is 0 Å². The van der Waals surface area contributed by atoms with E-state index in [2.05, 4.69) is 27.7 Å². The standard InChI is InChI=1S/C7H14O.C3H8/c1-3-7(2)5-4-6-8;1-3-2/h6-7H,3-5H2,1-2H3;3H2,1-2H3. The van der Waals surface area contributed by atoms with Gasteiger partial charge in [0.15, 0.2) is 0 Å². The number of hydrogen-bond donors (Lipinski definition) is 0. The van der Waals surface area contributed by atoms with Gasteiger partial charge in [-0.15, -0.1) is 0 Å². The summed E-state index contributed by atoms with van der Waals surface area (Å²) in [6.07, 6.45) is 5.22. The number of aldehydes is 1. The van der Waals surface area contributed by atoms with Crippen LogP contribution in [-0.2, 0) is 4.79 Å². The van der Waals surface area contributed by atoms with Crippen LogP contribution in [0.15, 0.2) is 0 Å². The lowest BCUT2D eigenvalue weighted by molar-refractivity contribution is -0.108. The lowest BCUT2D eigenvalue weighted by Gasteiger charge is -2.02. The molecule has 1 heteroatoms. The van der Waals surface area contributed by atoms with Gasteiger partial charge in [-0.25, -0.2) is 0 Å². The van der Waals surface area contributed by atoms with Crippen LogP contribution < -0.4 is 0 Å². The smallest absolute Gasteiger partial charge is 0.120 e. The Morgan fingerprint density at radius 1 is 1.27 bits per heavy atom. The Morgan fingerprint density at radius 2 is 1.73 bits per heavy atom. The molecule has 68 valence electrons. The second-order valence-electron chi connectivity index (χ2n) is 2.96.